The van der Waals surface area contributed by atoms with Gasteiger partial charge >= 0.3 is 5.97 Å². The molecule has 0 aliphatic carbocycles. The molecule has 0 aromatic heterocycles. The van der Waals surface area contributed by atoms with Gasteiger partial charge in [-0.25, -0.2) is 0 Å². The molecule has 3 rings (SSSR count). The van der Waals surface area contributed by atoms with Gasteiger partial charge in [0, 0.05) is 0 Å². The third-order valence-corrected chi connectivity index (χ3v) is 3.48. The SMILES string of the molecule is CCCC(C)C(=O)O.c1ccc(-c2ccc3c(c2)N3)cc1. The number of rotatable bonds is 4. The van der Waals surface area contributed by atoms with Crippen LogP contribution in [0.1, 0.15) is 26.7 Å². The Bertz CT molecular complexity index is 608. The van der Waals surface area contributed by atoms with E-state index in [1.165, 1.54) is 22.5 Å². The first-order valence-corrected chi connectivity index (χ1v) is 7.31. The van der Waals surface area contributed by atoms with Gasteiger partial charge in [-0.05, 0) is 29.7 Å². The van der Waals surface area contributed by atoms with E-state index in [-0.39, 0.29) is 5.92 Å². The molecule has 0 fully saturated rings. The molecule has 0 bridgehead atoms. The number of carboxylic acid groups (broad SMARTS) is 1. The predicted molar refractivity (Wildman–Crippen MR) is 86.9 cm³/mol. The average Bonchev–Trinajstić information content (AvgIpc) is 3.27. The number of hydrogen-bond acceptors (Lipinski definition) is 2. The number of anilines is 2. The Hall–Kier alpha value is -2.29. The molecule has 3 nitrogen and oxygen atoms in total. The molecule has 110 valence electrons. The first kappa shape index (κ1) is 15.1. The maximum Gasteiger partial charge on any atom is 0.306 e. The highest BCUT2D eigenvalue weighted by Crippen LogP contribution is 2.40. The molecular weight excluding hydrogens is 262 g/mol. The van der Waals surface area contributed by atoms with Crippen LogP contribution in [0.2, 0.25) is 0 Å². The number of aliphatic carboxylic acids is 1. The summed E-state index contributed by atoms with van der Waals surface area (Å²) in [5.41, 5.74) is 5.09. The van der Waals surface area contributed by atoms with E-state index in [9.17, 15) is 4.79 Å². The number of hydrogen-bond donors (Lipinski definition) is 2. The Kier molecular flexibility index (Phi) is 4.99. The van der Waals surface area contributed by atoms with E-state index in [4.69, 9.17) is 5.11 Å². The second-order valence-corrected chi connectivity index (χ2v) is 5.28. The fourth-order valence-corrected chi connectivity index (χ4v) is 2.10. The van der Waals surface area contributed by atoms with Crippen LogP contribution in [0, 0.1) is 5.92 Å². The van der Waals surface area contributed by atoms with E-state index in [0.717, 1.165) is 12.8 Å². The zero-order valence-corrected chi connectivity index (χ0v) is 12.5. The van der Waals surface area contributed by atoms with Crippen molar-refractivity contribution in [1.29, 1.82) is 0 Å². The van der Waals surface area contributed by atoms with Crippen LogP contribution in [0.15, 0.2) is 48.5 Å². The van der Waals surface area contributed by atoms with Gasteiger partial charge in [-0.15, -0.1) is 0 Å². The molecule has 1 atom stereocenters. The number of nitrogens with one attached hydrogen (secondary N) is 1. The summed E-state index contributed by atoms with van der Waals surface area (Å²) >= 11 is 0. The second kappa shape index (κ2) is 6.93. The number of benzene rings is 2. The summed E-state index contributed by atoms with van der Waals surface area (Å²) in [6.07, 6.45) is 1.74. The molecule has 1 unspecified atom stereocenters. The standard InChI is InChI=1S/C12H9N.C6H12O2/c1-2-4-9(5-3-1)10-6-7-11-12(8-10)13-11;1-3-4-5(2)6(7)8/h1-8,13H;5H,3-4H2,1-2H3,(H,7,8). The Balaban J connectivity index is 0.000000177. The molecule has 0 spiro atoms. The summed E-state index contributed by atoms with van der Waals surface area (Å²) in [6.45, 7) is 3.71. The van der Waals surface area contributed by atoms with Gasteiger partial charge in [0.2, 0.25) is 0 Å². The predicted octanol–water partition coefficient (Wildman–Crippen LogP) is 4.92. The van der Waals surface area contributed by atoms with Crippen molar-refractivity contribution in [1.82, 2.24) is 0 Å². The normalized spacial score (nSPS) is 12.3. The zero-order valence-electron chi connectivity index (χ0n) is 12.5. The van der Waals surface area contributed by atoms with E-state index in [1.807, 2.05) is 13.0 Å². The highest BCUT2D eigenvalue weighted by molar-refractivity contribution is 5.93. The molecule has 1 aliphatic rings. The van der Waals surface area contributed by atoms with Gasteiger partial charge in [0.15, 0.2) is 0 Å². The summed E-state index contributed by atoms with van der Waals surface area (Å²) in [5.74, 6) is -0.855. The van der Waals surface area contributed by atoms with Crippen molar-refractivity contribution in [2.75, 3.05) is 5.32 Å². The minimum Gasteiger partial charge on any atom is -0.481 e. The largest absolute Gasteiger partial charge is 0.481 e. The van der Waals surface area contributed by atoms with Gasteiger partial charge in [-0.1, -0.05) is 56.7 Å². The van der Waals surface area contributed by atoms with Crippen molar-refractivity contribution in [2.45, 2.75) is 26.7 Å². The highest BCUT2D eigenvalue weighted by atomic mass is 16.4. The number of carbonyl (C=O) groups is 1. The lowest BCUT2D eigenvalue weighted by molar-refractivity contribution is -0.141. The minimum atomic E-state index is -0.688. The van der Waals surface area contributed by atoms with Gasteiger partial charge < -0.3 is 10.4 Å². The van der Waals surface area contributed by atoms with Crippen molar-refractivity contribution in [3.05, 3.63) is 48.5 Å². The topological polar surface area (TPSA) is 59.2 Å². The molecule has 0 saturated carbocycles. The quantitative estimate of drug-likeness (QED) is 0.668. The molecular formula is C18H21NO2. The summed E-state index contributed by atoms with van der Waals surface area (Å²) in [7, 11) is 0. The van der Waals surface area contributed by atoms with Crippen LogP contribution in [0.25, 0.3) is 11.1 Å². The summed E-state index contributed by atoms with van der Waals surface area (Å²) < 4.78 is 0. The smallest absolute Gasteiger partial charge is 0.306 e. The van der Waals surface area contributed by atoms with Gasteiger partial charge in [0.1, 0.15) is 0 Å². The maximum atomic E-state index is 10.1. The summed E-state index contributed by atoms with van der Waals surface area (Å²) in [5, 5.41) is 11.5. The fourth-order valence-electron chi connectivity index (χ4n) is 2.10. The van der Waals surface area contributed by atoms with Crippen molar-refractivity contribution in [3.63, 3.8) is 0 Å². The van der Waals surface area contributed by atoms with E-state index in [2.05, 4.69) is 47.8 Å². The Morgan fingerprint density at radius 3 is 2.33 bits per heavy atom. The van der Waals surface area contributed by atoms with Crippen LogP contribution in [-0.2, 0) is 4.79 Å². The molecule has 21 heavy (non-hydrogen) atoms. The van der Waals surface area contributed by atoms with E-state index >= 15 is 0 Å². The number of carboxylic acids is 1. The molecule has 2 aromatic rings. The fraction of sp³-hybridized carbons (Fsp3) is 0.278. The van der Waals surface area contributed by atoms with Crippen LogP contribution >= 0.6 is 0 Å². The zero-order chi connectivity index (χ0) is 15.2. The van der Waals surface area contributed by atoms with Gasteiger partial charge in [0.05, 0.1) is 17.3 Å². The van der Waals surface area contributed by atoms with Crippen LogP contribution in [0.4, 0.5) is 11.4 Å². The van der Waals surface area contributed by atoms with Crippen LogP contribution in [-0.4, -0.2) is 11.1 Å². The van der Waals surface area contributed by atoms with Crippen LogP contribution < -0.4 is 5.32 Å². The second-order valence-electron chi connectivity index (χ2n) is 5.28. The third-order valence-electron chi connectivity index (χ3n) is 3.48. The van der Waals surface area contributed by atoms with E-state index in [0.29, 0.717) is 0 Å². The van der Waals surface area contributed by atoms with Crippen molar-refractivity contribution >= 4 is 17.3 Å². The van der Waals surface area contributed by atoms with Crippen LogP contribution in [0.3, 0.4) is 0 Å². The number of fused-ring (bicyclic) bond motifs is 1. The first-order chi connectivity index (χ1) is 10.1. The molecule has 2 aromatic carbocycles. The van der Waals surface area contributed by atoms with Crippen molar-refractivity contribution in [3.8, 4) is 11.1 Å². The Labute approximate surface area is 125 Å². The van der Waals surface area contributed by atoms with Gasteiger partial charge in [-0.3, -0.25) is 4.79 Å². The lowest BCUT2D eigenvalue weighted by Crippen LogP contribution is -2.08. The molecule has 1 heterocycles. The summed E-state index contributed by atoms with van der Waals surface area (Å²) in [6, 6.07) is 16.9. The van der Waals surface area contributed by atoms with E-state index < -0.39 is 5.97 Å². The molecule has 0 radical (unpaired) electrons. The average molecular weight is 283 g/mol. The Morgan fingerprint density at radius 1 is 1.10 bits per heavy atom. The molecule has 1 aliphatic heterocycles. The third kappa shape index (κ3) is 4.35. The van der Waals surface area contributed by atoms with Crippen molar-refractivity contribution in [2.24, 2.45) is 5.92 Å². The van der Waals surface area contributed by atoms with Crippen LogP contribution in [0.5, 0.6) is 0 Å². The summed E-state index contributed by atoms with van der Waals surface area (Å²) in [4.78, 5) is 10.1. The first-order valence-electron chi connectivity index (χ1n) is 7.31. The minimum absolute atomic E-state index is 0.167. The molecule has 0 amide bonds. The maximum absolute atomic E-state index is 10.1. The van der Waals surface area contributed by atoms with Gasteiger partial charge in [-0.2, -0.15) is 0 Å². The highest BCUT2D eigenvalue weighted by Gasteiger charge is 2.14. The monoisotopic (exact) mass is 283 g/mol. The molecule has 0 saturated heterocycles. The molecule has 2 N–H and O–H groups in total. The Morgan fingerprint density at radius 2 is 1.81 bits per heavy atom. The lowest BCUT2D eigenvalue weighted by atomic mass is 10.1. The lowest BCUT2D eigenvalue weighted by Gasteiger charge is -2.00. The van der Waals surface area contributed by atoms with Gasteiger partial charge in [0.25, 0.3) is 0 Å². The van der Waals surface area contributed by atoms with E-state index in [1.54, 1.807) is 6.92 Å². The van der Waals surface area contributed by atoms with Crippen molar-refractivity contribution < 1.29 is 9.90 Å². The molecule has 3 heteroatoms.